The summed E-state index contributed by atoms with van der Waals surface area (Å²) in [4.78, 5) is 2.17. The maximum absolute atomic E-state index is 5.12. The maximum Gasteiger partial charge on any atom is 0.0214 e. The molecule has 0 heterocycles. The van der Waals surface area contributed by atoms with Gasteiger partial charge in [-0.1, -0.05) is 24.8 Å². The highest BCUT2D eigenvalue weighted by atomic mass is 15.1. The normalized spacial score (nSPS) is 10.3. The zero-order chi connectivity index (χ0) is 8.53. The lowest BCUT2D eigenvalue weighted by Gasteiger charge is -2.10. The Morgan fingerprint density at radius 2 is 2.36 bits per heavy atom. The van der Waals surface area contributed by atoms with Crippen molar-refractivity contribution >= 4 is 0 Å². The Labute approximate surface area is 69.4 Å². The van der Waals surface area contributed by atoms with Gasteiger partial charge in [-0.2, -0.15) is 0 Å². The Bertz CT molecular complexity index is 162. The van der Waals surface area contributed by atoms with Gasteiger partial charge >= 0.3 is 0 Å². The van der Waals surface area contributed by atoms with E-state index in [9.17, 15) is 0 Å². The van der Waals surface area contributed by atoms with Gasteiger partial charge in [0.2, 0.25) is 0 Å². The van der Waals surface area contributed by atoms with Gasteiger partial charge in [0.05, 0.1) is 0 Å². The summed E-state index contributed by atoms with van der Waals surface area (Å²) in [7, 11) is 2.05. The molecule has 0 amide bonds. The van der Waals surface area contributed by atoms with E-state index in [0.29, 0.717) is 0 Å². The summed E-state index contributed by atoms with van der Waals surface area (Å²) in [5.41, 5.74) is 0. The summed E-state index contributed by atoms with van der Waals surface area (Å²) in [5, 5.41) is 0. The summed E-state index contributed by atoms with van der Waals surface area (Å²) in [6, 6.07) is 0. The average molecular weight is 149 g/mol. The number of terminal acetylenes is 1. The molecule has 0 unspecified atom stereocenters. The summed E-state index contributed by atoms with van der Waals surface area (Å²) in [6.45, 7) is 5.48. The molecule has 0 fully saturated rings. The molecule has 0 bridgehead atoms. The summed E-state index contributed by atoms with van der Waals surface area (Å²) in [6.07, 6.45) is 11.7. The minimum atomic E-state index is 0.818. The third-order valence-corrected chi connectivity index (χ3v) is 1.33. The van der Waals surface area contributed by atoms with Crippen LogP contribution in [0.15, 0.2) is 24.8 Å². The van der Waals surface area contributed by atoms with Gasteiger partial charge in [0, 0.05) is 19.5 Å². The molecule has 0 aliphatic rings. The van der Waals surface area contributed by atoms with Crippen LogP contribution in [-0.4, -0.2) is 25.0 Å². The Hall–Kier alpha value is -1.00. The number of allylic oxidation sites excluding steroid dienone is 2. The Morgan fingerprint density at radius 1 is 1.64 bits per heavy atom. The van der Waals surface area contributed by atoms with Crippen molar-refractivity contribution in [2.45, 2.75) is 6.42 Å². The van der Waals surface area contributed by atoms with Crippen molar-refractivity contribution in [3.8, 4) is 12.3 Å². The lowest BCUT2D eigenvalue weighted by Crippen LogP contribution is -2.18. The molecule has 0 spiro atoms. The fourth-order valence-corrected chi connectivity index (χ4v) is 0.684. The Morgan fingerprint density at radius 3 is 2.91 bits per heavy atom. The molecule has 0 aliphatic carbocycles. The molecule has 1 nitrogen and oxygen atoms in total. The Balaban J connectivity index is 3.37. The first-order valence-corrected chi connectivity index (χ1v) is 3.71. The van der Waals surface area contributed by atoms with E-state index < -0.39 is 0 Å². The highest BCUT2D eigenvalue weighted by molar-refractivity contribution is 4.98. The van der Waals surface area contributed by atoms with Crippen LogP contribution in [-0.2, 0) is 0 Å². The zero-order valence-electron chi connectivity index (χ0n) is 7.09. The van der Waals surface area contributed by atoms with Crippen molar-refractivity contribution in [1.82, 2.24) is 4.90 Å². The van der Waals surface area contributed by atoms with Crippen LogP contribution >= 0.6 is 0 Å². The SMILES string of the molecule is C#CCCN(C)C/C=C/C=C. The monoisotopic (exact) mass is 149 g/mol. The van der Waals surface area contributed by atoms with Crippen LogP contribution in [0.2, 0.25) is 0 Å². The van der Waals surface area contributed by atoms with Crippen molar-refractivity contribution in [2.75, 3.05) is 20.1 Å². The second kappa shape index (κ2) is 7.11. The molecule has 60 valence electrons. The first-order chi connectivity index (χ1) is 5.31. The van der Waals surface area contributed by atoms with Gasteiger partial charge < -0.3 is 4.90 Å². The highest BCUT2D eigenvalue weighted by Gasteiger charge is 1.90. The van der Waals surface area contributed by atoms with Crippen LogP contribution in [0.25, 0.3) is 0 Å². The van der Waals surface area contributed by atoms with Crippen molar-refractivity contribution in [2.24, 2.45) is 0 Å². The minimum Gasteiger partial charge on any atom is -0.302 e. The van der Waals surface area contributed by atoms with Crippen molar-refractivity contribution in [1.29, 1.82) is 0 Å². The lowest BCUT2D eigenvalue weighted by atomic mass is 10.4. The van der Waals surface area contributed by atoms with Crippen LogP contribution < -0.4 is 0 Å². The quantitative estimate of drug-likeness (QED) is 0.424. The summed E-state index contributed by atoms with van der Waals surface area (Å²) in [5.74, 6) is 2.60. The van der Waals surface area contributed by atoms with E-state index in [1.165, 1.54) is 0 Å². The van der Waals surface area contributed by atoms with E-state index in [1.54, 1.807) is 6.08 Å². The first kappa shape index (κ1) is 10.0. The molecule has 0 N–H and O–H groups in total. The van der Waals surface area contributed by atoms with Crippen LogP contribution in [0.4, 0.5) is 0 Å². The van der Waals surface area contributed by atoms with Crippen molar-refractivity contribution in [3.63, 3.8) is 0 Å². The topological polar surface area (TPSA) is 3.24 Å². The molecule has 11 heavy (non-hydrogen) atoms. The maximum atomic E-state index is 5.12. The van der Waals surface area contributed by atoms with Gasteiger partial charge in [-0.25, -0.2) is 0 Å². The van der Waals surface area contributed by atoms with E-state index >= 15 is 0 Å². The molecule has 0 saturated heterocycles. The van der Waals surface area contributed by atoms with Crippen LogP contribution in [0.5, 0.6) is 0 Å². The average Bonchev–Trinajstić information content (AvgIpc) is 2.01. The molecule has 0 aromatic heterocycles. The van der Waals surface area contributed by atoms with E-state index in [-0.39, 0.29) is 0 Å². The largest absolute Gasteiger partial charge is 0.302 e. The lowest BCUT2D eigenvalue weighted by molar-refractivity contribution is 0.380. The molecule has 0 radical (unpaired) electrons. The van der Waals surface area contributed by atoms with Crippen LogP contribution in [0, 0.1) is 12.3 Å². The van der Waals surface area contributed by atoms with Gasteiger partial charge in [0.25, 0.3) is 0 Å². The number of rotatable bonds is 5. The second-order valence-corrected chi connectivity index (χ2v) is 2.38. The predicted molar refractivity (Wildman–Crippen MR) is 50.3 cm³/mol. The molecule has 0 rings (SSSR count). The number of hydrogen-bond donors (Lipinski definition) is 0. The predicted octanol–water partition coefficient (Wildman–Crippen LogP) is 1.68. The fourth-order valence-electron chi connectivity index (χ4n) is 0.684. The highest BCUT2D eigenvalue weighted by Crippen LogP contribution is 1.86. The van der Waals surface area contributed by atoms with Gasteiger partial charge in [-0.3, -0.25) is 0 Å². The van der Waals surface area contributed by atoms with E-state index in [0.717, 1.165) is 19.5 Å². The second-order valence-electron chi connectivity index (χ2n) is 2.38. The van der Waals surface area contributed by atoms with Crippen LogP contribution in [0.3, 0.4) is 0 Å². The summed E-state index contributed by atoms with van der Waals surface area (Å²) < 4.78 is 0. The molecule has 0 aromatic carbocycles. The van der Waals surface area contributed by atoms with Crippen molar-refractivity contribution < 1.29 is 0 Å². The number of nitrogens with zero attached hydrogens (tertiary/aromatic N) is 1. The summed E-state index contributed by atoms with van der Waals surface area (Å²) >= 11 is 0. The van der Waals surface area contributed by atoms with Gasteiger partial charge in [0.1, 0.15) is 0 Å². The smallest absolute Gasteiger partial charge is 0.0214 e. The minimum absolute atomic E-state index is 0.818. The number of hydrogen-bond acceptors (Lipinski definition) is 1. The molecule has 1 heteroatoms. The van der Waals surface area contributed by atoms with E-state index in [1.807, 2.05) is 13.1 Å². The molecule has 0 atom stereocenters. The molecule has 0 saturated carbocycles. The number of likely N-dealkylation sites (N-methyl/N-ethyl adjacent to an activating group) is 1. The van der Waals surface area contributed by atoms with E-state index in [4.69, 9.17) is 6.42 Å². The third kappa shape index (κ3) is 6.89. The first-order valence-electron chi connectivity index (χ1n) is 3.71. The molecule has 0 aliphatic heterocycles. The zero-order valence-corrected chi connectivity index (χ0v) is 7.09. The van der Waals surface area contributed by atoms with Crippen molar-refractivity contribution in [3.05, 3.63) is 24.8 Å². The van der Waals surface area contributed by atoms with Gasteiger partial charge in [-0.15, -0.1) is 12.3 Å². The molecular weight excluding hydrogens is 134 g/mol. The van der Waals surface area contributed by atoms with E-state index in [2.05, 4.69) is 23.5 Å². The van der Waals surface area contributed by atoms with Gasteiger partial charge in [-0.05, 0) is 7.05 Å². The standard InChI is InChI=1S/C10H15N/c1-4-6-8-10-11(3)9-7-5-2/h2,4,6,8H,1,7,9-10H2,3H3/b8-6+. The molecular formula is C10H15N. The fraction of sp³-hybridized carbons (Fsp3) is 0.400. The van der Waals surface area contributed by atoms with Crippen LogP contribution in [0.1, 0.15) is 6.42 Å². The van der Waals surface area contributed by atoms with Gasteiger partial charge in [0.15, 0.2) is 0 Å². The molecule has 0 aromatic rings. The Kier molecular flexibility index (Phi) is 6.46. The third-order valence-electron chi connectivity index (χ3n) is 1.33.